The monoisotopic (exact) mass is 394 g/mol. The molecule has 0 heterocycles. The van der Waals surface area contributed by atoms with E-state index in [1.807, 2.05) is 6.08 Å². The molecule has 1 aliphatic carbocycles. The van der Waals surface area contributed by atoms with Gasteiger partial charge in [-0.05, 0) is 44.4 Å². The van der Waals surface area contributed by atoms with Gasteiger partial charge in [0.05, 0.1) is 13.2 Å². The first kappa shape index (κ1) is 24.5. The Morgan fingerprint density at radius 1 is 1.07 bits per heavy atom. The van der Waals surface area contributed by atoms with Crippen LogP contribution in [0.2, 0.25) is 0 Å². The molecule has 28 heavy (non-hydrogen) atoms. The summed E-state index contributed by atoms with van der Waals surface area (Å²) in [4.78, 5) is 35.3. The molecule has 160 valence electrons. The number of methoxy groups -OCH3 is 1. The Balaban J connectivity index is 2.29. The maximum Gasteiger partial charge on any atom is 0.305 e. The second-order valence-electron chi connectivity index (χ2n) is 7.93. The standard InChI is InChI=1S/C23H38O5/c1-3-4-9-12-18(24)15-16-20-19(21(25)17-22(20)26)13-10-7-5-6-8-11-14-23(27)28-2/h7,10,19-20,22,26H,3-6,8-9,11-17H2,1-2H3/b10-7+. The Labute approximate surface area is 169 Å². The fourth-order valence-corrected chi connectivity index (χ4v) is 3.91. The minimum atomic E-state index is -0.604. The van der Waals surface area contributed by atoms with Crippen LogP contribution >= 0.6 is 0 Å². The second kappa shape index (κ2) is 14.5. The number of unbranched alkanes of at least 4 members (excludes halogenated alkanes) is 5. The molecule has 0 aliphatic heterocycles. The first-order valence-corrected chi connectivity index (χ1v) is 10.9. The highest BCUT2D eigenvalue weighted by atomic mass is 16.5. The molecule has 0 aromatic heterocycles. The van der Waals surface area contributed by atoms with Crippen molar-refractivity contribution < 1.29 is 24.2 Å². The van der Waals surface area contributed by atoms with Crippen LogP contribution in [0.4, 0.5) is 0 Å². The first-order valence-electron chi connectivity index (χ1n) is 10.9. The predicted octanol–water partition coefficient (Wildman–Crippen LogP) is 4.55. The lowest BCUT2D eigenvalue weighted by atomic mass is 9.86. The van der Waals surface area contributed by atoms with Crippen molar-refractivity contribution in [1.29, 1.82) is 0 Å². The molecule has 0 radical (unpaired) electrons. The Bertz CT molecular complexity index is 511. The highest BCUT2D eigenvalue weighted by Crippen LogP contribution is 2.35. The van der Waals surface area contributed by atoms with Gasteiger partial charge in [-0.1, -0.05) is 38.3 Å². The Kier molecular flexibility index (Phi) is 12.7. The highest BCUT2D eigenvalue weighted by molar-refractivity contribution is 5.84. The van der Waals surface area contributed by atoms with Crippen LogP contribution in [0.25, 0.3) is 0 Å². The normalized spacial score (nSPS) is 22.1. The van der Waals surface area contributed by atoms with Gasteiger partial charge in [0.15, 0.2) is 0 Å². The van der Waals surface area contributed by atoms with Gasteiger partial charge in [-0.2, -0.15) is 0 Å². The lowest BCUT2D eigenvalue weighted by Gasteiger charge is -2.19. The van der Waals surface area contributed by atoms with Gasteiger partial charge in [-0.15, -0.1) is 0 Å². The summed E-state index contributed by atoms with van der Waals surface area (Å²) in [7, 11) is 1.40. The van der Waals surface area contributed by atoms with E-state index in [-0.39, 0.29) is 35.8 Å². The first-order chi connectivity index (χ1) is 13.5. The Morgan fingerprint density at radius 3 is 2.54 bits per heavy atom. The molecule has 5 nitrogen and oxygen atoms in total. The molecule has 1 fully saturated rings. The minimum absolute atomic E-state index is 0.0904. The number of Topliss-reactive ketones (excluding diaryl/α,β-unsaturated/α-hetero) is 2. The summed E-state index contributed by atoms with van der Waals surface area (Å²) in [5.41, 5.74) is 0. The van der Waals surface area contributed by atoms with Gasteiger partial charge >= 0.3 is 5.97 Å². The molecule has 3 unspecified atom stereocenters. The van der Waals surface area contributed by atoms with E-state index in [1.54, 1.807) is 0 Å². The fourth-order valence-electron chi connectivity index (χ4n) is 3.91. The SMILES string of the molecule is CCCCCC(=O)CCC1C(O)CC(=O)C1C/C=C/CCCCCC(=O)OC. The van der Waals surface area contributed by atoms with Crippen molar-refractivity contribution in [2.24, 2.45) is 11.8 Å². The number of aliphatic hydroxyl groups excluding tert-OH is 1. The van der Waals surface area contributed by atoms with E-state index >= 15 is 0 Å². The molecule has 1 N–H and O–H groups in total. The molecule has 0 spiro atoms. The van der Waals surface area contributed by atoms with Crippen LogP contribution in [0.5, 0.6) is 0 Å². The quantitative estimate of drug-likeness (QED) is 0.250. The van der Waals surface area contributed by atoms with Crippen molar-refractivity contribution in [3.05, 3.63) is 12.2 Å². The van der Waals surface area contributed by atoms with Crippen molar-refractivity contribution in [3.63, 3.8) is 0 Å². The van der Waals surface area contributed by atoms with E-state index in [9.17, 15) is 19.5 Å². The largest absolute Gasteiger partial charge is 0.469 e. The average molecular weight is 395 g/mol. The number of hydrogen-bond acceptors (Lipinski definition) is 5. The smallest absolute Gasteiger partial charge is 0.305 e. The van der Waals surface area contributed by atoms with E-state index in [4.69, 9.17) is 0 Å². The molecule has 1 saturated carbocycles. The summed E-state index contributed by atoms with van der Waals surface area (Å²) in [6.07, 6.45) is 13.4. The number of ether oxygens (including phenoxy) is 1. The summed E-state index contributed by atoms with van der Waals surface area (Å²) in [5.74, 6) is -0.0371. The van der Waals surface area contributed by atoms with Crippen LogP contribution in [-0.4, -0.2) is 35.9 Å². The number of aliphatic hydroxyl groups is 1. The van der Waals surface area contributed by atoms with Gasteiger partial charge in [0.1, 0.15) is 11.6 Å². The van der Waals surface area contributed by atoms with Gasteiger partial charge < -0.3 is 9.84 Å². The van der Waals surface area contributed by atoms with Gasteiger partial charge in [0, 0.05) is 31.6 Å². The maximum atomic E-state index is 12.2. The molecule has 0 saturated heterocycles. The van der Waals surface area contributed by atoms with E-state index in [0.717, 1.165) is 44.9 Å². The van der Waals surface area contributed by atoms with Crippen molar-refractivity contribution in [2.75, 3.05) is 7.11 Å². The lowest BCUT2D eigenvalue weighted by molar-refractivity contribution is -0.140. The molecule has 1 rings (SSSR count). The number of esters is 1. The summed E-state index contributed by atoms with van der Waals surface area (Å²) >= 11 is 0. The number of carbonyl (C=O) groups is 3. The zero-order chi connectivity index (χ0) is 20.8. The number of hydrogen-bond donors (Lipinski definition) is 1. The number of rotatable bonds is 15. The van der Waals surface area contributed by atoms with Gasteiger partial charge in [-0.3, -0.25) is 14.4 Å². The second-order valence-corrected chi connectivity index (χ2v) is 7.93. The average Bonchev–Trinajstić information content (AvgIpc) is 2.94. The Hall–Kier alpha value is -1.49. The van der Waals surface area contributed by atoms with E-state index < -0.39 is 6.10 Å². The number of ketones is 2. The molecular formula is C23H38O5. The number of allylic oxidation sites excluding steroid dienone is 2. The van der Waals surface area contributed by atoms with Crippen LogP contribution in [0.1, 0.15) is 90.4 Å². The molecule has 0 bridgehead atoms. The highest BCUT2D eigenvalue weighted by Gasteiger charge is 2.40. The molecule has 1 aliphatic rings. The molecule has 5 heteroatoms. The Morgan fingerprint density at radius 2 is 1.82 bits per heavy atom. The van der Waals surface area contributed by atoms with Crippen molar-refractivity contribution in [3.8, 4) is 0 Å². The molecule has 0 aromatic rings. The van der Waals surface area contributed by atoms with E-state index in [2.05, 4.69) is 17.7 Å². The van der Waals surface area contributed by atoms with Crippen molar-refractivity contribution in [1.82, 2.24) is 0 Å². The molecular weight excluding hydrogens is 356 g/mol. The molecule has 0 aromatic carbocycles. The van der Waals surface area contributed by atoms with Crippen LogP contribution in [0.3, 0.4) is 0 Å². The third-order valence-electron chi connectivity index (χ3n) is 5.69. The molecule has 3 atom stereocenters. The zero-order valence-electron chi connectivity index (χ0n) is 17.7. The van der Waals surface area contributed by atoms with Crippen molar-refractivity contribution in [2.45, 2.75) is 96.5 Å². The third-order valence-corrected chi connectivity index (χ3v) is 5.69. The van der Waals surface area contributed by atoms with E-state index in [0.29, 0.717) is 32.1 Å². The fraction of sp³-hybridized carbons (Fsp3) is 0.783. The lowest BCUT2D eigenvalue weighted by Crippen LogP contribution is -2.21. The summed E-state index contributed by atoms with van der Waals surface area (Å²) in [5, 5.41) is 10.2. The maximum absolute atomic E-state index is 12.2. The van der Waals surface area contributed by atoms with Gasteiger partial charge in [0.25, 0.3) is 0 Å². The summed E-state index contributed by atoms with van der Waals surface area (Å²) in [6, 6.07) is 0. The topological polar surface area (TPSA) is 80.7 Å². The van der Waals surface area contributed by atoms with Crippen molar-refractivity contribution >= 4 is 17.5 Å². The zero-order valence-corrected chi connectivity index (χ0v) is 17.7. The number of carbonyl (C=O) groups excluding carboxylic acids is 3. The van der Waals surface area contributed by atoms with E-state index in [1.165, 1.54) is 7.11 Å². The van der Waals surface area contributed by atoms with Crippen LogP contribution in [0.15, 0.2) is 12.2 Å². The summed E-state index contributed by atoms with van der Waals surface area (Å²) in [6.45, 7) is 2.12. The predicted molar refractivity (Wildman–Crippen MR) is 110 cm³/mol. The van der Waals surface area contributed by atoms with Gasteiger partial charge in [-0.25, -0.2) is 0 Å². The van der Waals surface area contributed by atoms with Crippen LogP contribution in [-0.2, 0) is 19.1 Å². The third kappa shape index (κ3) is 9.63. The summed E-state index contributed by atoms with van der Waals surface area (Å²) < 4.78 is 4.61. The minimum Gasteiger partial charge on any atom is -0.469 e. The van der Waals surface area contributed by atoms with Crippen LogP contribution < -0.4 is 0 Å². The molecule has 0 amide bonds. The van der Waals surface area contributed by atoms with Gasteiger partial charge in [0.2, 0.25) is 0 Å². The van der Waals surface area contributed by atoms with Crippen LogP contribution in [0, 0.1) is 11.8 Å².